The highest BCUT2D eigenvalue weighted by Crippen LogP contribution is 2.54. The molecule has 0 unspecified atom stereocenters. The van der Waals surface area contributed by atoms with Gasteiger partial charge in [-0.2, -0.15) is 13.2 Å². The van der Waals surface area contributed by atoms with Crippen LogP contribution in [0.25, 0.3) is 0 Å². The van der Waals surface area contributed by atoms with Crippen LogP contribution in [0.5, 0.6) is 0 Å². The van der Waals surface area contributed by atoms with Gasteiger partial charge in [-0.25, -0.2) is 9.97 Å². The van der Waals surface area contributed by atoms with E-state index < -0.39 is 11.7 Å². The third kappa shape index (κ3) is 4.50. The monoisotopic (exact) mass is 467 g/mol. The lowest BCUT2D eigenvalue weighted by Gasteiger charge is -2.20. The van der Waals surface area contributed by atoms with Gasteiger partial charge in [0.2, 0.25) is 5.91 Å². The summed E-state index contributed by atoms with van der Waals surface area (Å²) in [5.74, 6) is 0.0407. The van der Waals surface area contributed by atoms with Gasteiger partial charge in [0.25, 0.3) is 5.91 Å². The van der Waals surface area contributed by atoms with Crippen LogP contribution in [0.4, 0.5) is 24.8 Å². The number of carbonyl (C=O) groups is 2. The molecule has 0 bridgehead atoms. The third-order valence-electron chi connectivity index (χ3n) is 5.90. The molecule has 2 aromatic rings. The van der Waals surface area contributed by atoms with Crippen molar-refractivity contribution in [3.05, 3.63) is 46.7 Å². The highest BCUT2D eigenvalue weighted by atomic mass is 35.5. The molecule has 1 saturated carbocycles. The van der Waals surface area contributed by atoms with Crippen molar-refractivity contribution in [2.24, 2.45) is 5.41 Å². The minimum atomic E-state index is -4.52. The van der Waals surface area contributed by atoms with Crippen molar-refractivity contribution in [3.63, 3.8) is 0 Å². The largest absolute Gasteiger partial charge is 0.417 e. The second-order valence-electron chi connectivity index (χ2n) is 8.13. The summed E-state index contributed by atoms with van der Waals surface area (Å²) in [7, 11) is 0. The molecule has 3 heterocycles. The second kappa shape index (κ2) is 8.23. The van der Waals surface area contributed by atoms with Gasteiger partial charge in [0.15, 0.2) is 0 Å². The van der Waals surface area contributed by atoms with Crippen LogP contribution < -0.4 is 15.5 Å². The van der Waals surface area contributed by atoms with Gasteiger partial charge in [-0.1, -0.05) is 18.5 Å². The predicted octanol–water partition coefficient (Wildman–Crippen LogP) is 3.90. The van der Waals surface area contributed by atoms with Crippen LogP contribution in [0.1, 0.15) is 42.1 Å². The van der Waals surface area contributed by atoms with Gasteiger partial charge in [0.05, 0.1) is 16.6 Å². The van der Waals surface area contributed by atoms with E-state index in [1.54, 1.807) is 13.0 Å². The first-order valence-electron chi connectivity index (χ1n) is 10.2. The molecule has 1 spiro atoms. The van der Waals surface area contributed by atoms with Crippen molar-refractivity contribution in [1.29, 1.82) is 0 Å². The van der Waals surface area contributed by atoms with Crippen LogP contribution in [-0.4, -0.2) is 40.9 Å². The number of nitrogens with zero attached hydrogens (tertiary/aromatic N) is 3. The van der Waals surface area contributed by atoms with Crippen molar-refractivity contribution in [2.75, 3.05) is 23.3 Å². The number of rotatable bonds is 5. The minimum absolute atomic E-state index is 0.0759. The Labute approximate surface area is 187 Å². The van der Waals surface area contributed by atoms with Crippen molar-refractivity contribution in [1.82, 2.24) is 15.3 Å². The topological polar surface area (TPSA) is 87.2 Å². The number of amides is 2. The molecule has 32 heavy (non-hydrogen) atoms. The Balaban J connectivity index is 1.48. The third-order valence-corrected chi connectivity index (χ3v) is 6.18. The fourth-order valence-corrected chi connectivity index (χ4v) is 4.21. The maximum absolute atomic E-state index is 12.9. The molecule has 2 aromatic heterocycles. The first-order chi connectivity index (χ1) is 15.1. The van der Waals surface area contributed by atoms with E-state index in [-0.39, 0.29) is 34.1 Å². The number of aromatic nitrogens is 2. The Morgan fingerprint density at radius 3 is 2.66 bits per heavy atom. The van der Waals surface area contributed by atoms with E-state index in [0.717, 1.165) is 25.1 Å². The predicted molar refractivity (Wildman–Crippen MR) is 113 cm³/mol. The molecule has 2 amide bonds. The summed E-state index contributed by atoms with van der Waals surface area (Å²) >= 11 is 6.12. The zero-order chi connectivity index (χ0) is 23.1. The molecule has 2 aliphatic rings. The summed E-state index contributed by atoms with van der Waals surface area (Å²) < 4.78 is 38.7. The standard InChI is InChI=1S/C21H21ClF3N5O2/c1-2-17(31)29-16-7-12(3-6-26-16)19(32)28-15-10-30(11-20(15)4-5-20)18-14(22)8-13(9-27-18)21(23,24)25/h3,6-9,15H,2,4-5,10-11H2,1H3,(H,28,32)(H,26,29,31)/t15-/m0/s1. The molecule has 170 valence electrons. The van der Waals surface area contributed by atoms with Crippen LogP contribution in [0.2, 0.25) is 5.02 Å². The number of hydrogen-bond acceptors (Lipinski definition) is 5. The molecule has 0 aromatic carbocycles. The van der Waals surface area contributed by atoms with Crippen molar-refractivity contribution >= 4 is 35.1 Å². The average Bonchev–Trinajstić information content (AvgIpc) is 3.43. The molecule has 7 nitrogen and oxygen atoms in total. The van der Waals surface area contributed by atoms with Gasteiger partial charge in [-0.15, -0.1) is 0 Å². The highest BCUT2D eigenvalue weighted by Gasteiger charge is 2.56. The fraction of sp³-hybridized carbons (Fsp3) is 0.429. The van der Waals surface area contributed by atoms with Crippen LogP contribution in [0.15, 0.2) is 30.6 Å². The summed E-state index contributed by atoms with van der Waals surface area (Å²) in [6.07, 6.45) is -0.231. The molecule has 1 atom stereocenters. The molecule has 1 aliphatic carbocycles. The van der Waals surface area contributed by atoms with E-state index in [1.807, 2.05) is 4.90 Å². The Hall–Kier alpha value is -2.88. The number of anilines is 2. The molecule has 4 rings (SSSR count). The molecule has 0 radical (unpaired) electrons. The van der Waals surface area contributed by atoms with Crippen LogP contribution in [0, 0.1) is 5.41 Å². The van der Waals surface area contributed by atoms with Crippen molar-refractivity contribution < 1.29 is 22.8 Å². The average molecular weight is 468 g/mol. The number of halogens is 4. The Morgan fingerprint density at radius 1 is 1.28 bits per heavy atom. The molecule has 1 aliphatic heterocycles. The number of pyridine rings is 2. The number of alkyl halides is 3. The zero-order valence-electron chi connectivity index (χ0n) is 17.2. The van der Waals surface area contributed by atoms with Crippen molar-refractivity contribution in [2.45, 2.75) is 38.4 Å². The van der Waals surface area contributed by atoms with E-state index in [0.29, 0.717) is 30.9 Å². The van der Waals surface area contributed by atoms with E-state index in [1.165, 1.54) is 12.3 Å². The number of carbonyl (C=O) groups excluding carboxylic acids is 2. The van der Waals surface area contributed by atoms with Crippen molar-refractivity contribution in [3.8, 4) is 0 Å². The molecule has 11 heteroatoms. The molecule has 2 fully saturated rings. The number of hydrogen-bond donors (Lipinski definition) is 2. The molecule has 2 N–H and O–H groups in total. The maximum atomic E-state index is 12.9. The lowest BCUT2D eigenvalue weighted by atomic mass is 10.0. The van der Waals surface area contributed by atoms with Crippen LogP contribution >= 0.6 is 11.6 Å². The zero-order valence-corrected chi connectivity index (χ0v) is 17.9. The highest BCUT2D eigenvalue weighted by molar-refractivity contribution is 6.33. The lowest BCUT2D eigenvalue weighted by molar-refractivity contribution is -0.137. The Bertz CT molecular complexity index is 1060. The van der Waals surface area contributed by atoms with Crippen LogP contribution in [-0.2, 0) is 11.0 Å². The summed E-state index contributed by atoms with van der Waals surface area (Å²) in [5.41, 5.74) is -0.707. The molecule has 1 saturated heterocycles. The second-order valence-corrected chi connectivity index (χ2v) is 8.53. The summed E-state index contributed by atoms with van der Waals surface area (Å²) in [6, 6.07) is 3.72. The van der Waals surface area contributed by atoms with E-state index in [2.05, 4.69) is 20.6 Å². The summed E-state index contributed by atoms with van der Waals surface area (Å²) in [5, 5.41) is 5.57. The van der Waals surface area contributed by atoms with E-state index in [9.17, 15) is 22.8 Å². The summed E-state index contributed by atoms with van der Waals surface area (Å²) in [4.78, 5) is 34.2. The van der Waals surface area contributed by atoms with Gasteiger partial charge in [0, 0.05) is 42.9 Å². The molecular weight excluding hydrogens is 447 g/mol. The Kier molecular flexibility index (Phi) is 5.74. The first-order valence-corrected chi connectivity index (χ1v) is 10.5. The summed E-state index contributed by atoms with van der Waals surface area (Å²) in [6.45, 7) is 2.64. The van der Waals surface area contributed by atoms with Crippen LogP contribution in [0.3, 0.4) is 0 Å². The quantitative estimate of drug-likeness (QED) is 0.696. The van der Waals surface area contributed by atoms with Gasteiger partial charge < -0.3 is 15.5 Å². The van der Waals surface area contributed by atoms with E-state index >= 15 is 0 Å². The normalized spacial score (nSPS) is 19.2. The van der Waals surface area contributed by atoms with E-state index in [4.69, 9.17) is 11.6 Å². The lowest BCUT2D eigenvalue weighted by Crippen LogP contribution is -2.41. The number of nitrogens with one attached hydrogen (secondary N) is 2. The van der Waals surface area contributed by atoms with Gasteiger partial charge in [-0.05, 0) is 31.0 Å². The first kappa shape index (κ1) is 22.3. The molecular formula is C21H21ClF3N5O2. The Morgan fingerprint density at radius 2 is 2.03 bits per heavy atom. The van der Waals surface area contributed by atoms with Gasteiger partial charge in [-0.3, -0.25) is 9.59 Å². The smallest absolute Gasteiger partial charge is 0.353 e. The minimum Gasteiger partial charge on any atom is -0.353 e. The SMILES string of the molecule is CCC(=O)Nc1cc(C(=O)N[C@H]2CN(c3ncc(C(F)(F)F)cc3Cl)CC23CC3)ccn1. The maximum Gasteiger partial charge on any atom is 0.417 e. The van der Waals surface area contributed by atoms with Gasteiger partial charge >= 0.3 is 6.18 Å². The van der Waals surface area contributed by atoms with Gasteiger partial charge in [0.1, 0.15) is 11.6 Å². The fourth-order valence-electron chi connectivity index (χ4n) is 3.93.